The van der Waals surface area contributed by atoms with Crippen molar-refractivity contribution in [3.8, 4) is 0 Å². The van der Waals surface area contributed by atoms with E-state index in [1.807, 2.05) is 18.2 Å². The maximum atomic E-state index is 9.65. The van der Waals surface area contributed by atoms with Crippen molar-refractivity contribution >= 4 is 6.29 Å². The zero-order valence-electron chi connectivity index (χ0n) is 15.2. The molecule has 149 valence electrons. The van der Waals surface area contributed by atoms with Crippen LogP contribution in [-0.4, -0.2) is 21.7 Å². The number of nitroso groups, excluding NO2 is 2. The summed E-state index contributed by atoms with van der Waals surface area (Å²) in [6.07, 6.45) is 5.00. The summed E-state index contributed by atoms with van der Waals surface area (Å²) in [6.45, 7) is 7.44. The zero-order valence-corrected chi connectivity index (χ0v) is 16.2. The Kier molecular flexibility index (Phi) is 29.8. The summed E-state index contributed by atoms with van der Waals surface area (Å²) in [5.41, 5.74) is 4.87. The van der Waals surface area contributed by atoms with Crippen LogP contribution in [0.15, 0.2) is 63.7 Å². The summed E-state index contributed by atoms with van der Waals surface area (Å²) in [5, 5.41) is 21.4. The van der Waals surface area contributed by atoms with Crippen molar-refractivity contribution in [3.05, 3.63) is 63.2 Å². The Labute approximate surface area is 162 Å². The van der Waals surface area contributed by atoms with Crippen molar-refractivity contribution in [2.75, 3.05) is 0 Å². The fraction of sp³-hybridized carbons (Fsp3) is 0.333. The van der Waals surface area contributed by atoms with Gasteiger partial charge in [0.25, 0.3) is 0 Å². The number of hydroxylamine groups is 2. The molecule has 0 bridgehead atoms. The van der Waals surface area contributed by atoms with Crippen LogP contribution in [-0.2, 0) is 21.6 Å². The number of nitrogens with zero attached hydrogens (tertiary/aromatic N) is 3. The Morgan fingerprint density at radius 3 is 1.27 bits per heavy atom. The monoisotopic (exact) mass is 413 g/mol. The van der Waals surface area contributed by atoms with Gasteiger partial charge in [0.05, 0.1) is 11.4 Å². The molecule has 1 radical (unpaired) electrons. The second kappa shape index (κ2) is 24.8. The van der Waals surface area contributed by atoms with Gasteiger partial charge in [0, 0.05) is 29.2 Å². The second-order valence-corrected chi connectivity index (χ2v) is 4.06. The predicted molar refractivity (Wildman–Crippen MR) is 93.8 cm³/mol. The minimum Gasteiger partial charge on any atom is -0.542 e. The van der Waals surface area contributed by atoms with Crippen molar-refractivity contribution in [2.24, 2.45) is 10.4 Å². The van der Waals surface area contributed by atoms with Gasteiger partial charge in [-0.25, -0.2) is 0 Å². The van der Waals surface area contributed by atoms with Crippen molar-refractivity contribution in [1.82, 2.24) is 15.9 Å². The summed E-state index contributed by atoms with van der Waals surface area (Å²) < 4.78 is 0. The Morgan fingerprint density at radius 1 is 0.885 bits per heavy atom. The van der Waals surface area contributed by atoms with E-state index in [9.17, 15) is 9.81 Å². The molecule has 1 rings (SSSR count). The van der Waals surface area contributed by atoms with Crippen LogP contribution in [0.25, 0.3) is 0 Å². The summed E-state index contributed by atoms with van der Waals surface area (Å²) >= 11 is 0. The third-order valence-electron chi connectivity index (χ3n) is 2.26. The number of allylic oxidation sites excluding steroid dienone is 4. The average Bonchev–Trinajstić information content (AvgIpc) is 2.68. The van der Waals surface area contributed by atoms with Gasteiger partial charge >= 0.3 is 0 Å². The van der Waals surface area contributed by atoms with Crippen LogP contribution in [0.3, 0.4) is 0 Å². The maximum absolute atomic E-state index is 9.65. The first-order chi connectivity index (χ1) is 11.9. The molecule has 26 heavy (non-hydrogen) atoms. The minimum absolute atomic E-state index is 0. The van der Waals surface area contributed by atoms with Gasteiger partial charge in [-0.1, -0.05) is 6.07 Å². The second-order valence-electron chi connectivity index (χ2n) is 4.06. The SMILES string of the molecule is C/C(N=O)=C(\C)NO.C/C(N=O)=C(\C)NO.C[C-]=O.[Co].c1ccncc1. The molecule has 0 saturated heterocycles. The third-order valence-corrected chi connectivity index (χ3v) is 2.26. The molecule has 1 aromatic heterocycles. The smallest absolute Gasteiger partial charge is 0.103 e. The van der Waals surface area contributed by atoms with E-state index >= 15 is 0 Å². The van der Waals surface area contributed by atoms with Crippen molar-refractivity contribution in [3.63, 3.8) is 0 Å². The van der Waals surface area contributed by atoms with Gasteiger partial charge in [-0.2, -0.15) is 6.92 Å². The van der Waals surface area contributed by atoms with Crippen LogP contribution >= 0.6 is 0 Å². The van der Waals surface area contributed by atoms with E-state index in [1.165, 1.54) is 27.1 Å². The van der Waals surface area contributed by atoms with Gasteiger partial charge < -0.3 is 4.79 Å². The van der Waals surface area contributed by atoms with Crippen LogP contribution in [0.2, 0.25) is 0 Å². The van der Waals surface area contributed by atoms with Gasteiger partial charge in [0.1, 0.15) is 11.4 Å². The first-order valence-corrected chi connectivity index (χ1v) is 6.81. The van der Waals surface area contributed by atoms with Crippen LogP contribution < -0.4 is 11.0 Å². The van der Waals surface area contributed by atoms with Crippen molar-refractivity contribution in [1.29, 1.82) is 0 Å². The van der Waals surface area contributed by atoms with E-state index in [0.29, 0.717) is 11.4 Å². The van der Waals surface area contributed by atoms with Gasteiger partial charge in [-0.3, -0.25) is 32.6 Å². The van der Waals surface area contributed by atoms with E-state index in [-0.39, 0.29) is 28.2 Å². The van der Waals surface area contributed by atoms with Gasteiger partial charge in [0.2, 0.25) is 0 Å². The molecule has 0 saturated carbocycles. The molecular formula is C15H24CoN5O5-. The molecule has 0 atom stereocenters. The molecule has 0 aliphatic rings. The van der Waals surface area contributed by atoms with Gasteiger partial charge in [-0.15, -0.1) is 9.81 Å². The first-order valence-electron chi connectivity index (χ1n) is 6.81. The molecule has 0 aliphatic carbocycles. The number of hydrogen-bond donors (Lipinski definition) is 4. The molecule has 11 heteroatoms. The van der Waals surface area contributed by atoms with Crippen molar-refractivity contribution in [2.45, 2.75) is 34.6 Å². The number of rotatable bonds is 4. The molecule has 0 spiro atoms. The van der Waals surface area contributed by atoms with Crippen molar-refractivity contribution < 1.29 is 32.0 Å². The summed E-state index contributed by atoms with van der Waals surface area (Å²) in [5.74, 6) is 0. The number of aromatic nitrogens is 1. The van der Waals surface area contributed by atoms with E-state index in [4.69, 9.17) is 15.2 Å². The number of nitrogens with one attached hydrogen (secondary N) is 2. The molecule has 0 unspecified atom stereocenters. The normalized spacial score (nSPS) is 9.96. The standard InChI is InChI=1S/C5H5N.2C4H8N2O2.C2H3O.Co/c1-2-4-6-5-3-1;2*1-3(5-7)4(2)6-8;1-2-3;/h1-5H;2*5,7H,1-2H3;1H3;/q;;;-1;/b;2*4-3-;;. The van der Waals surface area contributed by atoms with E-state index in [1.54, 1.807) is 37.2 Å². The Hall–Kier alpha value is -2.47. The summed E-state index contributed by atoms with van der Waals surface area (Å²) in [6, 6.07) is 5.72. The van der Waals surface area contributed by atoms with Crippen LogP contribution in [0.4, 0.5) is 0 Å². The molecule has 4 N–H and O–H groups in total. The van der Waals surface area contributed by atoms with Crippen LogP contribution in [0, 0.1) is 9.81 Å². The quantitative estimate of drug-likeness (QED) is 0.333. The Morgan fingerprint density at radius 2 is 1.19 bits per heavy atom. The minimum atomic E-state index is 0. The average molecular weight is 413 g/mol. The topological polar surface area (TPSA) is 153 Å². The van der Waals surface area contributed by atoms with E-state index in [0.717, 1.165) is 0 Å². The third kappa shape index (κ3) is 23.8. The molecule has 0 amide bonds. The maximum Gasteiger partial charge on any atom is 0.103 e. The molecular weight excluding hydrogens is 389 g/mol. The van der Waals surface area contributed by atoms with E-state index < -0.39 is 0 Å². The molecule has 1 heterocycles. The summed E-state index contributed by atoms with van der Waals surface area (Å²) in [4.78, 5) is 31.8. The predicted octanol–water partition coefficient (Wildman–Crippen LogP) is 3.16. The summed E-state index contributed by atoms with van der Waals surface area (Å²) in [7, 11) is 0. The van der Waals surface area contributed by atoms with Crippen LogP contribution in [0.5, 0.6) is 0 Å². The fourth-order valence-corrected chi connectivity index (χ4v) is 0.611. The largest absolute Gasteiger partial charge is 0.542 e. The van der Waals surface area contributed by atoms with Crippen LogP contribution in [0.1, 0.15) is 34.6 Å². The number of hydrogen-bond acceptors (Lipinski definition) is 10. The first kappa shape index (κ1) is 31.3. The number of carbonyl (C=O) groups excluding carboxylic acids is 1. The Balaban J connectivity index is -0.000000128. The molecule has 0 fully saturated rings. The van der Waals surface area contributed by atoms with Gasteiger partial charge in [0.15, 0.2) is 0 Å². The molecule has 1 aromatic rings. The van der Waals surface area contributed by atoms with Gasteiger partial charge in [-0.05, 0) is 50.2 Å². The fourth-order valence-electron chi connectivity index (χ4n) is 0.611. The molecule has 10 nitrogen and oxygen atoms in total. The Bertz CT molecular complexity index is 482. The zero-order chi connectivity index (χ0) is 20.1. The molecule has 0 aromatic carbocycles. The number of pyridine rings is 1. The van der Waals surface area contributed by atoms with E-state index in [2.05, 4.69) is 15.3 Å². The molecule has 0 aliphatic heterocycles.